The first-order valence-electron chi connectivity index (χ1n) is 7.57. The van der Waals surface area contributed by atoms with Crippen molar-refractivity contribution in [3.05, 3.63) is 42.2 Å². The van der Waals surface area contributed by atoms with Gasteiger partial charge in [-0.2, -0.15) is 0 Å². The highest BCUT2D eigenvalue weighted by Gasteiger charge is 2.12. The molecule has 0 bridgehead atoms. The van der Waals surface area contributed by atoms with Crippen LogP contribution in [0.25, 0.3) is 10.8 Å². The number of fused-ring (bicyclic) bond motifs is 1. The van der Waals surface area contributed by atoms with Crippen molar-refractivity contribution in [2.24, 2.45) is 0 Å². The maximum absolute atomic E-state index is 5.75. The third-order valence-corrected chi connectivity index (χ3v) is 4.00. The van der Waals surface area contributed by atoms with Crippen LogP contribution in [-0.4, -0.2) is 24.2 Å². The lowest BCUT2D eigenvalue weighted by atomic mass is 10.1. The molecule has 0 amide bonds. The minimum Gasteiger partial charge on any atom is -0.378 e. The number of ether oxygens (including phenoxy) is 1. The van der Waals surface area contributed by atoms with Gasteiger partial charge < -0.3 is 10.1 Å². The van der Waals surface area contributed by atoms with Crippen LogP contribution in [0.1, 0.15) is 31.2 Å². The molecule has 1 aliphatic rings. The van der Waals surface area contributed by atoms with Crippen molar-refractivity contribution < 1.29 is 4.74 Å². The van der Waals surface area contributed by atoms with Gasteiger partial charge in [0.2, 0.25) is 0 Å². The summed E-state index contributed by atoms with van der Waals surface area (Å²) in [6.45, 7) is 2.88. The Bertz CT molecular complexity index is 544. The summed E-state index contributed by atoms with van der Waals surface area (Å²) >= 11 is 0. The van der Waals surface area contributed by atoms with Crippen LogP contribution in [0.3, 0.4) is 0 Å². The SMILES string of the molecule is c1cc(CNCCC2CCCCO2)c2ccncc2c1. The molecule has 0 radical (unpaired) electrons. The standard InChI is InChI=1S/C17H22N2O/c1-2-11-20-16(6-1)7-9-18-12-14-4-3-5-15-13-19-10-8-17(14)15/h3-5,8,10,13,16,18H,1-2,6-7,9,11-12H2. The smallest absolute Gasteiger partial charge is 0.0587 e. The maximum Gasteiger partial charge on any atom is 0.0587 e. The Labute approximate surface area is 120 Å². The molecule has 3 nitrogen and oxygen atoms in total. The second kappa shape index (κ2) is 6.82. The normalized spacial score (nSPS) is 19.3. The second-order valence-corrected chi connectivity index (χ2v) is 5.47. The molecule has 2 aromatic rings. The van der Waals surface area contributed by atoms with Crippen molar-refractivity contribution in [2.45, 2.75) is 38.3 Å². The highest BCUT2D eigenvalue weighted by Crippen LogP contribution is 2.18. The van der Waals surface area contributed by atoms with Gasteiger partial charge in [0, 0.05) is 30.9 Å². The van der Waals surface area contributed by atoms with Crippen LogP contribution in [0, 0.1) is 0 Å². The van der Waals surface area contributed by atoms with Gasteiger partial charge in [-0.25, -0.2) is 0 Å². The molecule has 1 atom stereocenters. The molecule has 1 unspecified atom stereocenters. The zero-order valence-corrected chi connectivity index (χ0v) is 11.8. The van der Waals surface area contributed by atoms with Crippen molar-refractivity contribution in [3.8, 4) is 0 Å². The topological polar surface area (TPSA) is 34.1 Å². The third-order valence-electron chi connectivity index (χ3n) is 4.00. The summed E-state index contributed by atoms with van der Waals surface area (Å²) < 4.78 is 5.75. The monoisotopic (exact) mass is 270 g/mol. The van der Waals surface area contributed by atoms with Gasteiger partial charge in [0.25, 0.3) is 0 Å². The van der Waals surface area contributed by atoms with Crippen LogP contribution in [0.2, 0.25) is 0 Å². The van der Waals surface area contributed by atoms with E-state index >= 15 is 0 Å². The number of aromatic nitrogens is 1. The minimum atomic E-state index is 0.466. The molecular weight excluding hydrogens is 248 g/mol. The highest BCUT2D eigenvalue weighted by molar-refractivity contribution is 5.84. The number of hydrogen-bond donors (Lipinski definition) is 1. The molecule has 1 N–H and O–H groups in total. The molecule has 1 aromatic carbocycles. The fourth-order valence-corrected chi connectivity index (χ4v) is 2.86. The van der Waals surface area contributed by atoms with E-state index in [-0.39, 0.29) is 0 Å². The highest BCUT2D eigenvalue weighted by atomic mass is 16.5. The first-order valence-corrected chi connectivity index (χ1v) is 7.57. The Kier molecular flexibility index (Phi) is 4.61. The summed E-state index contributed by atoms with van der Waals surface area (Å²) in [5.41, 5.74) is 1.34. The van der Waals surface area contributed by atoms with Gasteiger partial charge in [-0.1, -0.05) is 18.2 Å². The van der Waals surface area contributed by atoms with Crippen LogP contribution >= 0.6 is 0 Å². The van der Waals surface area contributed by atoms with Crippen LogP contribution in [0.15, 0.2) is 36.7 Å². The fraction of sp³-hybridized carbons (Fsp3) is 0.471. The van der Waals surface area contributed by atoms with E-state index in [1.54, 1.807) is 0 Å². The quantitative estimate of drug-likeness (QED) is 0.847. The van der Waals surface area contributed by atoms with E-state index in [2.05, 4.69) is 34.6 Å². The van der Waals surface area contributed by atoms with Gasteiger partial charge in [-0.05, 0) is 49.2 Å². The summed E-state index contributed by atoms with van der Waals surface area (Å²) in [7, 11) is 0. The van der Waals surface area contributed by atoms with Gasteiger partial charge in [0.05, 0.1) is 6.10 Å². The van der Waals surface area contributed by atoms with Crippen molar-refractivity contribution in [2.75, 3.05) is 13.2 Å². The molecule has 1 saturated heterocycles. The minimum absolute atomic E-state index is 0.466. The number of nitrogens with zero attached hydrogens (tertiary/aromatic N) is 1. The lowest BCUT2D eigenvalue weighted by Gasteiger charge is -2.22. The number of nitrogens with one attached hydrogen (secondary N) is 1. The Morgan fingerprint density at radius 1 is 1.25 bits per heavy atom. The van der Waals surface area contributed by atoms with Crippen molar-refractivity contribution >= 4 is 10.8 Å². The summed E-state index contributed by atoms with van der Waals surface area (Å²) in [6.07, 6.45) is 9.15. The molecule has 2 heterocycles. The van der Waals surface area contributed by atoms with E-state index in [0.29, 0.717) is 6.10 Å². The van der Waals surface area contributed by atoms with Gasteiger partial charge in [0.1, 0.15) is 0 Å². The lowest BCUT2D eigenvalue weighted by Crippen LogP contribution is -2.25. The molecule has 0 aliphatic carbocycles. The van der Waals surface area contributed by atoms with Crippen molar-refractivity contribution in [1.82, 2.24) is 10.3 Å². The van der Waals surface area contributed by atoms with E-state index in [4.69, 9.17) is 4.74 Å². The first-order chi connectivity index (χ1) is 9.93. The molecule has 3 rings (SSSR count). The van der Waals surface area contributed by atoms with E-state index in [1.165, 1.54) is 35.6 Å². The van der Waals surface area contributed by atoms with Gasteiger partial charge >= 0.3 is 0 Å². The molecule has 3 heteroatoms. The van der Waals surface area contributed by atoms with Gasteiger partial charge in [-0.3, -0.25) is 4.98 Å². The first kappa shape index (κ1) is 13.5. The summed E-state index contributed by atoms with van der Waals surface area (Å²) in [5.74, 6) is 0. The summed E-state index contributed by atoms with van der Waals surface area (Å²) in [6, 6.07) is 8.50. The molecular formula is C17H22N2O. The van der Waals surface area contributed by atoms with E-state index in [1.807, 2.05) is 12.4 Å². The fourth-order valence-electron chi connectivity index (χ4n) is 2.86. The van der Waals surface area contributed by atoms with Crippen LogP contribution in [0.4, 0.5) is 0 Å². The predicted molar refractivity (Wildman–Crippen MR) is 81.7 cm³/mol. The Balaban J connectivity index is 1.52. The summed E-state index contributed by atoms with van der Waals surface area (Å²) in [4.78, 5) is 4.17. The number of pyridine rings is 1. The molecule has 0 spiro atoms. The largest absolute Gasteiger partial charge is 0.378 e. The summed E-state index contributed by atoms with van der Waals surface area (Å²) in [5, 5.41) is 6.05. The Hall–Kier alpha value is -1.45. The maximum atomic E-state index is 5.75. The average Bonchev–Trinajstić information content (AvgIpc) is 2.53. The molecule has 1 aromatic heterocycles. The number of hydrogen-bond acceptors (Lipinski definition) is 3. The Morgan fingerprint density at radius 3 is 3.15 bits per heavy atom. The van der Waals surface area contributed by atoms with Crippen LogP contribution in [-0.2, 0) is 11.3 Å². The third kappa shape index (κ3) is 3.35. The van der Waals surface area contributed by atoms with Gasteiger partial charge in [-0.15, -0.1) is 0 Å². The van der Waals surface area contributed by atoms with Crippen molar-refractivity contribution in [3.63, 3.8) is 0 Å². The van der Waals surface area contributed by atoms with Gasteiger partial charge in [0.15, 0.2) is 0 Å². The molecule has 1 aliphatic heterocycles. The molecule has 0 saturated carbocycles. The van der Waals surface area contributed by atoms with E-state index < -0.39 is 0 Å². The van der Waals surface area contributed by atoms with E-state index in [0.717, 1.165) is 26.1 Å². The Morgan fingerprint density at radius 2 is 2.25 bits per heavy atom. The average molecular weight is 270 g/mol. The number of rotatable bonds is 5. The van der Waals surface area contributed by atoms with Crippen LogP contribution in [0.5, 0.6) is 0 Å². The zero-order valence-electron chi connectivity index (χ0n) is 11.8. The lowest BCUT2D eigenvalue weighted by molar-refractivity contribution is 0.0115. The second-order valence-electron chi connectivity index (χ2n) is 5.47. The predicted octanol–water partition coefficient (Wildman–Crippen LogP) is 3.28. The molecule has 1 fully saturated rings. The zero-order chi connectivity index (χ0) is 13.6. The molecule has 20 heavy (non-hydrogen) atoms. The number of benzene rings is 1. The molecule has 106 valence electrons. The van der Waals surface area contributed by atoms with Crippen LogP contribution < -0.4 is 5.32 Å². The van der Waals surface area contributed by atoms with Crippen molar-refractivity contribution in [1.29, 1.82) is 0 Å². The van der Waals surface area contributed by atoms with E-state index in [9.17, 15) is 0 Å².